The van der Waals surface area contributed by atoms with Gasteiger partial charge in [0.05, 0.1) is 6.42 Å². The second-order valence-electron chi connectivity index (χ2n) is 3.69. The molecule has 0 radical (unpaired) electrons. The minimum atomic E-state index is -1.36. The lowest BCUT2D eigenvalue weighted by atomic mass is 10.0. The van der Waals surface area contributed by atoms with E-state index in [2.05, 4.69) is 5.32 Å². The first-order chi connectivity index (χ1) is 7.38. The Morgan fingerprint density at radius 2 is 1.81 bits per heavy atom. The highest BCUT2D eigenvalue weighted by Gasteiger charge is 2.24. The summed E-state index contributed by atoms with van der Waals surface area (Å²) in [6.45, 7) is 3.59. The van der Waals surface area contributed by atoms with E-state index < -0.39 is 30.3 Å². The van der Waals surface area contributed by atoms with E-state index >= 15 is 0 Å². The van der Waals surface area contributed by atoms with E-state index in [-0.39, 0.29) is 5.92 Å². The van der Waals surface area contributed by atoms with Crippen molar-refractivity contribution in [3.63, 3.8) is 0 Å². The van der Waals surface area contributed by atoms with Gasteiger partial charge in [0, 0.05) is 5.92 Å². The summed E-state index contributed by atoms with van der Waals surface area (Å²) in [6, 6.07) is -1.36. The maximum Gasteiger partial charge on any atom is 0.326 e. The molecule has 1 amide bonds. The summed E-state index contributed by atoms with van der Waals surface area (Å²) in [6.07, 6.45) is 0.844. The van der Waals surface area contributed by atoms with Crippen LogP contribution in [-0.4, -0.2) is 34.1 Å². The minimum Gasteiger partial charge on any atom is -0.481 e. The number of carboxylic acids is 2. The third-order valence-corrected chi connectivity index (χ3v) is 2.16. The van der Waals surface area contributed by atoms with Gasteiger partial charge < -0.3 is 15.5 Å². The first-order valence-corrected chi connectivity index (χ1v) is 5.13. The SMILES string of the molecule is CCCC(C)C(=O)N[C@@H](CC(=O)O)C(=O)O. The Labute approximate surface area is 93.6 Å². The van der Waals surface area contributed by atoms with Gasteiger partial charge in [0.25, 0.3) is 0 Å². The van der Waals surface area contributed by atoms with Gasteiger partial charge in [-0.15, -0.1) is 0 Å². The fourth-order valence-electron chi connectivity index (χ4n) is 1.25. The van der Waals surface area contributed by atoms with Crippen molar-refractivity contribution in [3.05, 3.63) is 0 Å². The molecule has 0 rings (SSSR count). The maximum absolute atomic E-state index is 11.5. The van der Waals surface area contributed by atoms with Gasteiger partial charge in [-0.05, 0) is 6.42 Å². The zero-order valence-electron chi connectivity index (χ0n) is 9.40. The van der Waals surface area contributed by atoms with Gasteiger partial charge in [-0.25, -0.2) is 4.79 Å². The second kappa shape index (κ2) is 6.81. The van der Waals surface area contributed by atoms with Crippen LogP contribution in [0.15, 0.2) is 0 Å². The van der Waals surface area contributed by atoms with Crippen LogP contribution in [0.25, 0.3) is 0 Å². The molecule has 0 heterocycles. The van der Waals surface area contributed by atoms with E-state index in [0.717, 1.165) is 6.42 Å². The standard InChI is InChI=1S/C10H17NO5/c1-3-4-6(2)9(14)11-7(10(15)16)5-8(12)13/h6-7H,3-5H2,1-2H3,(H,11,14)(H,12,13)(H,15,16)/t6?,7-/m0/s1. The molecule has 0 aliphatic carbocycles. The van der Waals surface area contributed by atoms with Gasteiger partial charge in [-0.3, -0.25) is 9.59 Å². The summed E-state index contributed by atoms with van der Waals surface area (Å²) in [5.41, 5.74) is 0. The Kier molecular flexibility index (Phi) is 6.14. The third-order valence-electron chi connectivity index (χ3n) is 2.16. The molecule has 0 spiro atoms. The molecule has 0 aromatic carbocycles. The highest BCUT2D eigenvalue weighted by Crippen LogP contribution is 2.06. The van der Waals surface area contributed by atoms with Gasteiger partial charge in [-0.2, -0.15) is 0 Å². The molecule has 6 heteroatoms. The maximum atomic E-state index is 11.5. The van der Waals surface area contributed by atoms with Crippen LogP contribution < -0.4 is 5.32 Å². The van der Waals surface area contributed by atoms with Gasteiger partial charge in [0.2, 0.25) is 5.91 Å². The van der Waals surface area contributed by atoms with Crippen molar-refractivity contribution in [3.8, 4) is 0 Å². The molecule has 0 aliphatic heterocycles. The lowest BCUT2D eigenvalue weighted by molar-refractivity contribution is -0.147. The zero-order chi connectivity index (χ0) is 12.7. The molecule has 1 unspecified atom stereocenters. The topological polar surface area (TPSA) is 104 Å². The van der Waals surface area contributed by atoms with E-state index in [9.17, 15) is 14.4 Å². The number of carboxylic acid groups (broad SMARTS) is 2. The summed E-state index contributed by atoms with van der Waals surface area (Å²) in [5.74, 6) is -3.31. The fourth-order valence-corrected chi connectivity index (χ4v) is 1.25. The highest BCUT2D eigenvalue weighted by molar-refractivity contribution is 5.87. The average molecular weight is 231 g/mol. The summed E-state index contributed by atoms with van der Waals surface area (Å²) < 4.78 is 0. The Morgan fingerprint density at radius 1 is 1.25 bits per heavy atom. The summed E-state index contributed by atoms with van der Waals surface area (Å²) in [5, 5.41) is 19.4. The monoisotopic (exact) mass is 231 g/mol. The molecule has 16 heavy (non-hydrogen) atoms. The zero-order valence-corrected chi connectivity index (χ0v) is 9.40. The number of hydrogen-bond acceptors (Lipinski definition) is 3. The van der Waals surface area contributed by atoms with Gasteiger partial charge >= 0.3 is 11.9 Å². The Hall–Kier alpha value is -1.59. The first kappa shape index (κ1) is 14.4. The van der Waals surface area contributed by atoms with Crippen LogP contribution >= 0.6 is 0 Å². The predicted octanol–water partition coefficient (Wildman–Crippen LogP) is 0.467. The minimum absolute atomic E-state index is 0.305. The smallest absolute Gasteiger partial charge is 0.326 e. The van der Waals surface area contributed by atoms with Gasteiger partial charge in [0.1, 0.15) is 6.04 Å². The van der Waals surface area contributed by atoms with E-state index in [1.54, 1.807) is 6.92 Å². The average Bonchev–Trinajstić information content (AvgIpc) is 2.16. The van der Waals surface area contributed by atoms with E-state index in [1.165, 1.54) is 0 Å². The van der Waals surface area contributed by atoms with Crippen molar-refractivity contribution >= 4 is 17.8 Å². The van der Waals surface area contributed by atoms with E-state index in [0.29, 0.717) is 6.42 Å². The van der Waals surface area contributed by atoms with Crippen LogP contribution in [0.3, 0.4) is 0 Å². The predicted molar refractivity (Wildman–Crippen MR) is 55.9 cm³/mol. The largest absolute Gasteiger partial charge is 0.481 e. The van der Waals surface area contributed by atoms with Crippen molar-refractivity contribution < 1.29 is 24.6 Å². The number of amides is 1. The molecule has 0 aromatic heterocycles. The first-order valence-electron chi connectivity index (χ1n) is 5.13. The summed E-state index contributed by atoms with van der Waals surface area (Å²) in [7, 11) is 0. The molecule has 3 N–H and O–H groups in total. The second-order valence-corrected chi connectivity index (χ2v) is 3.69. The number of nitrogens with one attached hydrogen (secondary N) is 1. The number of aliphatic carboxylic acids is 2. The molecule has 0 saturated heterocycles. The van der Waals surface area contributed by atoms with Crippen molar-refractivity contribution in [1.82, 2.24) is 5.32 Å². The number of rotatable bonds is 7. The van der Waals surface area contributed by atoms with Crippen molar-refractivity contribution in [2.45, 2.75) is 39.2 Å². The molecular formula is C10H17NO5. The Bertz CT molecular complexity index is 276. The Morgan fingerprint density at radius 3 is 2.19 bits per heavy atom. The molecular weight excluding hydrogens is 214 g/mol. The Balaban J connectivity index is 4.34. The van der Waals surface area contributed by atoms with Crippen LogP contribution in [0.2, 0.25) is 0 Å². The highest BCUT2D eigenvalue weighted by atomic mass is 16.4. The van der Waals surface area contributed by atoms with Crippen LogP contribution in [0.4, 0.5) is 0 Å². The number of carbonyl (C=O) groups excluding carboxylic acids is 1. The molecule has 0 fully saturated rings. The molecule has 0 aromatic rings. The van der Waals surface area contributed by atoms with Crippen LogP contribution in [-0.2, 0) is 14.4 Å². The van der Waals surface area contributed by atoms with Crippen LogP contribution in [0.1, 0.15) is 33.1 Å². The quantitative estimate of drug-likeness (QED) is 0.590. The van der Waals surface area contributed by atoms with Crippen LogP contribution in [0, 0.1) is 5.92 Å². The van der Waals surface area contributed by atoms with E-state index in [1.807, 2.05) is 6.92 Å². The molecule has 0 bridgehead atoms. The van der Waals surface area contributed by atoms with E-state index in [4.69, 9.17) is 10.2 Å². The lowest BCUT2D eigenvalue weighted by Crippen LogP contribution is -2.44. The molecule has 2 atom stereocenters. The van der Waals surface area contributed by atoms with Crippen molar-refractivity contribution in [1.29, 1.82) is 0 Å². The van der Waals surface area contributed by atoms with Crippen LogP contribution in [0.5, 0.6) is 0 Å². The summed E-state index contributed by atoms with van der Waals surface area (Å²) >= 11 is 0. The van der Waals surface area contributed by atoms with Gasteiger partial charge in [0.15, 0.2) is 0 Å². The molecule has 92 valence electrons. The lowest BCUT2D eigenvalue weighted by Gasteiger charge is -2.15. The number of hydrogen-bond donors (Lipinski definition) is 3. The summed E-state index contributed by atoms with van der Waals surface area (Å²) in [4.78, 5) is 32.5. The van der Waals surface area contributed by atoms with Gasteiger partial charge in [-0.1, -0.05) is 20.3 Å². The van der Waals surface area contributed by atoms with Crippen molar-refractivity contribution in [2.24, 2.45) is 5.92 Å². The fraction of sp³-hybridized carbons (Fsp3) is 0.700. The molecule has 0 aliphatic rings. The number of carbonyl (C=O) groups is 3. The normalized spacial score (nSPS) is 13.9. The molecule has 6 nitrogen and oxygen atoms in total. The molecule has 0 saturated carbocycles. The van der Waals surface area contributed by atoms with Crippen molar-refractivity contribution in [2.75, 3.05) is 0 Å². The third kappa shape index (κ3) is 5.33.